The Labute approximate surface area is 400 Å². The van der Waals surface area contributed by atoms with Crippen LogP contribution < -0.4 is 48.7 Å². The number of rotatable bonds is 22. The molecule has 0 spiro atoms. The highest BCUT2D eigenvalue weighted by atomic mass is 16.5. The lowest BCUT2D eigenvalue weighted by Crippen LogP contribution is -2.64. The van der Waals surface area contributed by atoms with E-state index in [9.17, 15) is 73.6 Å². The van der Waals surface area contributed by atoms with E-state index in [-0.39, 0.29) is 75.9 Å². The number of aliphatic hydroxyl groups excluding tert-OH is 2. The van der Waals surface area contributed by atoms with Crippen molar-refractivity contribution in [1.82, 2.24) is 36.5 Å². The van der Waals surface area contributed by atoms with E-state index in [1.54, 1.807) is 4.90 Å². The zero-order valence-electron chi connectivity index (χ0n) is 38.7. The number of aliphatic carboxylic acids is 1. The molecule has 70 heavy (non-hydrogen) atoms. The molecule has 9 amide bonds. The number of piperidine rings is 1. The maximum atomic E-state index is 14.2. The number of imide groups is 3. The number of nitrogens with one attached hydrogen (secondary N) is 5. The normalized spacial score (nSPS) is 20.6. The molecule has 28 nitrogen and oxygen atoms in total. The number of hydroxylamine groups is 2. The molecule has 0 saturated carbocycles. The smallest absolute Gasteiger partial charge is 0.334 e. The molecule has 1 saturated heterocycles. The van der Waals surface area contributed by atoms with Crippen LogP contribution in [0.5, 0.6) is 11.5 Å². The number of carbonyl (C=O) groups excluding carboxylic acids is 9. The molecule has 3 aliphatic heterocycles. The number of hydrogen-bond donors (Lipinski definition) is 14. The number of carboxylic acid groups (broad SMARTS) is 1. The molecule has 4 rings (SSSR count). The summed E-state index contributed by atoms with van der Waals surface area (Å²) < 4.78 is 0. The fourth-order valence-electron chi connectivity index (χ4n) is 7.90. The lowest BCUT2D eigenvalue weighted by atomic mass is 9.92. The van der Waals surface area contributed by atoms with Crippen LogP contribution in [-0.2, 0) is 54.4 Å². The quantitative estimate of drug-likeness (QED) is 0.0293. The van der Waals surface area contributed by atoms with Gasteiger partial charge in [-0.1, -0.05) is 0 Å². The standard InChI is InChI=1S/C42H62N12O16/c1-18(49-37(63)31(45)33(60)42(68)69)35(61)51-32(20(3)55)41(67)54(38(64)19(2)48-23-8-6-14-52(70)40(23)66)39(65)22(43)7-4-5-12-47-36(62)25-11-13-46-34-24(50-30(59)10-9-29(44)58)15-21-16-27(56)28(57)17-26(21)53(25)34/h16-20,22-25,31-33,48,55-57,60,70H,4-15,43,45H2,1-3H3,(H2,44,58)(H,47,62)(H,49,63)(H,50,59)(H,51,61)(H,68,69)/t18-,19-,20+,22-,23+,24?,25?,31+,32+,33?/m0/s1. The van der Waals surface area contributed by atoms with E-state index < -0.39 is 131 Å². The van der Waals surface area contributed by atoms with Crippen LogP contribution in [0, 0.1) is 0 Å². The van der Waals surface area contributed by atoms with Crippen molar-refractivity contribution in [2.75, 3.05) is 24.5 Å². The fourth-order valence-corrected chi connectivity index (χ4v) is 7.90. The Balaban J connectivity index is 1.46. The van der Waals surface area contributed by atoms with Crippen molar-refractivity contribution in [3.63, 3.8) is 0 Å². The Kier molecular flexibility index (Phi) is 19.6. The predicted molar refractivity (Wildman–Crippen MR) is 241 cm³/mol. The minimum atomic E-state index is -2.34. The van der Waals surface area contributed by atoms with Crippen molar-refractivity contribution in [3.05, 3.63) is 17.7 Å². The number of primary amides is 1. The van der Waals surface area contributed by atoms with Crippen LogP contribution in [0.4, 0.5) is 5.69 Å². The third kappa shape index (κ3) is 13.9. The van der Waals surface area contributed by atoms with Gasteiger partial charge in [0.15, 0.2) is 17.6 Å². The second-order valence-corrected chi connectivity index (χ2v) is 17.2. The minimum Gasteiger partial charge on any atom is -0.504 e. The molecule has 0 aliphatic carbocycles. The topological polar surface area (TPSA) is 452 Å². The predicted octanol–water partition coefficient (Wildman–Crippen LogP) is -5.62. The number of aromatic hydroxyl groups is 2. The number of phenolic OH excluding ortho intramolecular Hbond substituents is 2. The molecular weight excluding hydrogens is 929 g/mol. The molecule has 17 N–H and O–H groups in total. The maximum absolute atomic E-state index is 14.2. The van der Waals surface area contributed by atoms with Crippen LogP contribution in [0.2, 0.25) is 0 Å². The van der Waals surface area contributed by atoms with Crippen LogP contribution in [0.3, 0.4) is 0 Å². The number of phenols is 2. The summed E-state index contributed by atoms with van der Waals surface area (Å²) in [6, 6.07) is -8.98. The second-order valence-electron chi connectivity index (χ2n) is 17.2. The Morgan fingerprint density at radius 1 is 0.871 bits per heavy atom. The minimum absolute atomic E-state index is 0.0162. The number of carboxylic acids is 1. The van der Waals surface area contributed by atoms with Gasteiger partial charge in [0.25, 0.3) is 23.6 Å². The van der Waals surface area contributed by atoms with E-state index >= 15 is 0 Å². The summed E-state index contributed by atoms with van der Waals surface area (Å²) in [6.07, 6.45) is -3.63. The Morgan fingerprint density at radius 3 is 2.19 bits per heavy atom. The average molecular weight is 991 g/mol. The highest BCUT2D eigenvalue weighted by molar-refractivity contribution is 6.16. The van der Waals surface area contributed by atoms with Gasteiger partial charge in [0.2, 0.25) is 29.5 Å². The van der Waals surface area contributed by atoms with Gasteiger partial charge in [-0.15, -0.1) is 0 Å². The zero-order chi connectivity index (χ0) is 52.3. The third-order valence-corrected chi connectivity index (χ3v) is 11.8. The molecular formula is C42H62N12O16. The fraction of sp³-hybridized carbons (Fsp3) is 0.595. The summed E-state index contributed by atoms with van der Waals surface area (Å²) in [5.74, 6) is -11.4. The first-order valence-corrected chi connectivity index (χ1v) is 22.5. The average Bonchev–Trinajstić information content (AvgIpc) is 3.30. The van der Waals surface area contributed by atoms with Gasteiger partial charge in [-0.25, -0.2) is 14.8 Å². The van der Waals surface area contributed by atoms with E-state index in [0.29, 0.717) is 28.6 Å². The van der Waals surface area contributed by atoms with Crippen LogP contribution >= 0.6 is 0 Å². The van der Waals surface area contributed by atoms with Gasteiger partial charge >= 0.3 is 5.97 Å². The molecule has 28 heteroatoms. The van der Waals surface area contributed by atoms with E-state index in [1.165, 1.54) is 19.1 Å². The highest BCUT2D eigenvalue weighted by Gasteiger charge is 2.44. The van der Waals surface area contributed by atoms with E-state index in [0.717, 1.165) is 13.8 Å². The third-order valence-electron chi connectivity index (χ3n) is 11.8. The van der Waals surface area contributed by atoms with Crippen LogP contribution in [0.15, 0.2) is 17.1 Å². The number of fused-ring (bicyclic) bond motifs is 3. The Bertz CT molecular complexity index is 2230. The first-order chi connectivity index (χ1) is 32.8. The monoisotopic (exact) mass is 990 g/mol. The van der Waals surface area contributed by atoms with Gasteiger partial charge in [-0.2, -0.15) is 0 Å². The molecule has 10 atom stereocenters. The summed E-state index contributed by atoms with van der Waals surface area (Å²) in [7, 11) is 0. The van der Waals surface area contributed by atoms with E-state index in [1.807, 2.05) is 0 Å². The van der Waals surface area contributed by atoms with Crippen LogP contribution in [0.25, 0.3) is 0 Å². The lowest BCUT2D eigenvalue weighted by Gasteiger charge is -2.43. The van der Waals surface area contributed by atoms with Gasteiger partial charge in [0.05, 0.1) is 36.0 Å². The van der Waals surface area contributed by atoms with Gasteiger partial charge in [0.1, 0.15) is 30.0 Å². The number of anilines is 1. The first kappa shape index (κ1) is 55.7. The molecule has 3 aliphatic rings. The zero-order valence-corrected chi connectivity index (χ0v) is 38.7. The first-order valence-electron chi connectivity index (χ1n) is 22.5. The van der Waals surface area contributed by atoms with Gasteiger partial charge in [-0.05, 0) is 70.9 Å². The number of nitrogens with two attached hydrogens (primary N) is 3. The van der Waals surface area contributed by atoms with Crippen LogP contribution in [-0.4, -0.2) is 186 Å². The molecule has 0 radical (unpaired) electrons. The molecule has 0 aromatic heterocycles. The van der Waals surface area contributed by atoms with Crippen molar-refractivity contribution in [3.8, 4) is 11.5 Å². The summed E-state index contributed by atoms with van der Waals surface area (Å²) in [6.45, 7) is 3.55. The second kappa shape index (κ2) is 24.6. The summed E-state index contributed by atoms with van der Waals surface area (Å²) >= 11 is 0. The number of unbranched alkanes of at least 4 members (excludes halogenated alkanes) is 1. The maximum Gasteiger partial charge on any atom is 0.334 e. The van der Waals surface area contributed by atoms with Gasteiger partial charge in [-0.3, -0.25) is 58.7 Å². The molecule has 386 valence electrons. The Morgan fingerprint density at radius 2 is 1.54 bits per heavy atom. The number of amides is 9. The molecule has 0 bridgehead atoms. The number of aliphatic imine (C=N–C) groups is 1. The summed E-state index contributed by atoms with van der Waals surface area (Å²) in [5.41, 5.74) is 17.8. The highest BCUT2D eigenvalue weighted by Crippen LogP contribution is 2.40. The number of amidine groups is 1. The number of aliphatic hydroxyl groups is 2. The lowest BCUT2D eigenvalue weighted by molar-refractivity contribution is -0.173. The molecule has 1 aromatic rings. The summed E-state index contributed by atoms with van der Waals surface area (Å²) in [4.78, 5) is 136. The number of carbonyl (C=O) groups is 10. The Hall–Kier alpha value is -6.85. The van der Waals surface area contributed by atoms with Crippen LogP contribution in [0.1, 0.15) is 77.7 Å². The number of benzene rings is 1. The van der Waals surface area contributed by atoms with Crippen molar-refractivity contribution >= 4 is 70.7 Å². The molecule has 1 fully saturated rings. The van der Waals surface area contributed by atoms with Gasteiger partial charge < -0.3 is 68.9 Å². The molecule has 3 unspecified atom stereocenters. The number of hydrogen-bond acceptors (Lipinski definition) is 20. The largest absolute Gasteiger partial charge is 0.504 e. The van der Waals surface area contributed by atoms with Gasteiger partial charge in [0, 0.05) is 45.0 Å². The van der Waals surface area contributed by atoms with Crippen molar-refractivity contribution < 1.29 is 78.7 Å². The van der Waals surface area contributed by atoms with Crippen molar-refractivity contribution in [1.29, 1.82) is 0 Å². The van der Waals surface area contributed by atoms with Crippen molar-refractivity contribution in [2.24, 2.45) is 22.2 Å². The SMILES string of the molecule is C[C@H](NC(=O)[C@H](N)C(O)C(=O)O)C(=O)N[C@@H](C(=O)N(C(=O)[C@H](C)N[C@@H]1CCCN(O)C1=O)C(=O)[C@@H](N)CCCCNC(=O)C1CCN=C2C(NC(=O)CCC(N)=O)Cc3cc(O)c(O)cc3N21)[C@@H](C)O. The number of nitrogens with zero attached hydrogens (tertiary/aromatic N) is 4. The molecule has 3 heterocycles. The van der Waals surface area contributed by atoms with E-state index in [4.69, 9.17) is 22.3 Å². The summed E-state index contributed by atoms with van der Waals surface area (Å²) in [5, 5.41) is 72.8. The van der Waals surface area contributed by atoms with Crippen molar-refractivity contribution in [2.45, 2.75) is 139 Å². The van der Waals surface area contributed by atoms with E-state index in [2.05, 4.69) is 31.6 Å². The molecule has 1 aromatic carbocycles.